The number of hydrogen-bond donors (Lipinski definition) is 0. The zero-order valence-corrected chi connectivity index (χ0v) is 7.85. The summed E-state index contributed by atoms with van der Waals surface area (Å²) in [6, 6.07) is 0. The van der Waals surface area contributed by atoms with Gasteiger partial charge in [0.05, 0.1) is 0 Å². The maximum Gasteiger partial charge on any atom is -0.0173 e. The van der Waals surface area contributed by atoms with Crippen molar-refractivity contribution in [3.8, 4) is 0 Å². The van der Waals surface area contributed by atoms with E-state index in [9.17, 15) is 0 Å². The highest BCUT2D eigenvalue weighted by atomic mass is 15.0. The molecule has 11 heavy (non-hydrogen) atoms. The third-order valence-corrected chi connectivity index (χ3v) is 5.46. The van der Waals surface area contributed by atoms with Crippen LogP contribution in [-0.4, -0.2) is 0 Å². The fraction of sp³-hybridized carbons (Fsp3) is 1.00. The van der Waals surface area contributed by atoms with E-state index in [1.807, 2.05) is 0 Å². The lowest BCUT2D eigenvalue weighted by Crippen LogP contribution is -2.17. The molecule has 0 heterocycles. The van der Waals surface area contributed by atoms with Crippen LogP contribution in [0.5, 0.6) is 0 Å². The largest absolute Gasteiger partial charge is 0.0648 e. The molecule has 0 aromatic carbocycles. The highest BCUT2D eigenvalue weighted by Crippen LogP contribution is 2.97. The molecule has 0 heteroatoms. The smallest absolute Gasteiger partial charge is 0.0173 e. The Morgan fingerprint density at radius 3 is 2.27 bits per heavy atom. The fourth-order valence-electron chi connectivity index (χ4n) is 4.95. The Labute approximate surface area is 69.4 Å². The van der Waals surface area contributed by atoms with E-state index in [1.165, 1.54) is 18.8 Å². The van der Waals surface area contributed by atoms with Gasteiger partial charge in [0.1, 0.15) is 0 Å². The van der Waals surface area contributed by atoms with Crippen LogP contribution in [0.1, 0.15) is 40.0 Å². The topological polar surface area (TPSA) is 0 Å². The molecule has 3 rings (SSSR count). The van der Waals surface area contributed by atoms with Crippen molar-refractivity contribution in [1.82, 2.24) is 0 Å². The van der Waals surface area contributed by atoms with Crippen molar-refractivity contribution in [2.45, 2.75) is 40.0 Å². The second kappa shape index (κ2) is 1.41. The first-order valence-corrected chi connectivity index (χ1v) is 5.20. The summed E-state index contributed by atoms with van der Waals surface area (Å²) in [7, 11) is 0. The number of rotatable bonds is 1. The van der Waals surface area contributed by atoms with Gasteiger partial charge >= 0.3 is 0 Å². The molecule has 1 spiro atoms. The van der Waals surface area contributed by atoms with E-state index < -0.39 is 0 Å². The van der Waals surface area contributed by atoms with E-state index in [4.69, 9.17) is 0 Å². The summed E-state index contributed by atoms with van der Waals surface area (Å²) in [5.41, 5.74) is 1.77. The zero-order valence-electron chi connectivity index (χ0n) is 7.85. The molecule has 0 aromatic rings. The van der Waals surface area contributed by atoms with Crippen molar-refractivity contribution >= 4 is 0 Å². The lowest BCUT2D eigenvalue weighted by Gasteiger charge is -2.24. The second-order valence-corrected chi connectivity index (χ2v) is 5.23. The van der Waals surface area contributed by atoms with Gasteiger partial charge in [-0.1, -0.05) is 20.8 Å². The minimum absolute atomic E-state index is 0.867. The van der Waals surface area contributed by atoms with Gasteiger partial charge in [0.25, 0.3) is 0 Å². The molecule has 0 aromatic heterocycles. The first-order valence-electron chi connectivity index (χ1n) is 5.20. The monoisotopic (exact) mass is 150 g/mol. The summed E-state index contributed by atoms with van der Waals surface area (Å²) in [5, 5.41) is 0. The molecule has 0 radical (unpaired) electrons. The Kier molecular flexibility index (Phi) is 0.832. The van der Waals surface area contributed by atoms with Crippen molar-refractivity contribution in [3.63, 3.8) is 0 Å². The third-order valence-electron chi connectivity index (χ3n) is 5.46. The van der Waals surface area contributed by atoms with Gasteiger partial charge in [0.2, 0.25) is 0 Å². The maximum absolute atomic E-state index is 2.49. The second-order valence-electron chi connectivity index (χ2n) is 5.23. The van der Waals surface area contributed by atoms with Crippen LogP contribution in [0.15, 0.2) is 0 Å². The van der Waals surface area contributed by atoms with Crippen LogP contribution in [0.25, 0.3) is 0 Å². The quantitative estimate of drug-likeness (QED) is 0.539. The Hall–Kier alpha value is 0. The molecule has 3 fully saturated rings. The molecule has 3 aliphatic rings. The Morgan fingerprint density at radius 1 is 1.27 bits per heavy atom. The highest BCUT2D eigenvalue weighted by molar-refractivity contribution is 5.39. The van der Waals surface area contributed by atoms with Crippen molar-refractivity contribution in [1.29, 1.82) is 0 Å². The van der Waals surface area contributed by atoms with Crippen LogP contribution in [0.2, 0.25) is 0 Å². The summed E-state index contributed by atoms with van der Waals surface area (Å²) in [5.74, 6) is 3.28. The van der Waals surface area contributed by atoms with Gasteiger partial charge in [-0.2, -0.15) is 0 Å². The van der Waals surface area contributed by atoms with Crippen LogP contribution in [0, 0.1) is 28.6 Å². The van der Waals surface area contributed by atoms with Crippen LogP contribution in [-0.2, 0) is 0 Å². The van der Waals surface area contributed by atoms with Crippen molar-refractivity contribution < 1.29 is 0 Å². The van der Waals surface area contributed by atoms with E-state index in [-0.39, 0.29) is 0 Å². The minimum atomic E-state index is 0.867. The van der Waals surface area contributed by atoms with Gasteiger partial charge in [-0.15, -0.1) is 0 Å². The molecule has 0 amide bonds. The summed E-state index contributed by atoms with van der Waals surface area (Å²) >= 11 is 0. The normalized spacial score (nSPS) is 70.6. The Balaban J connectivity index is 2.00. The van der Waals surface area contributed by atoms with Gasteiger partial charge in [-0.3, -0.25) is 0 Å². The number of hydrogen-bond acceptors (Lipinski definition) is 0. The van der Waals surface area contributed by atoms with E-state index >= 15 is 0 Å². The average Bonchev–Trinajstić information content (AvgIpc) is 2.70. The molecular weight excluding hydrogens is 132 g/mol. The third kappa shape index (κ3) is 0.381. The van der Waals surface area contributed by atoms with Crippen molar-refractivity contribution in [2.75, 3.05) is 0 Å². The molecule has 3 saturated carbocycles. The van der Waals surface area contributed by atoms with Crippen LogP contribution in [0.4, 0.5) is 0 Å². The average molecular weight is 150 g/mol. The van der Waals surface area contributed by atoms with Crippen molar-refractivity contribution in [2.24, 2.45) is 28.6 Å². The van der Waals surface area contributed by atoms with Gasteiger partial charge in [-0.25, -0.2) is 0 Å². The predicted molar refractivity (Wildman–Crippen MR) is 46.2 cm³/mol. The van der Waals surface area contributed by atoms with E-state index in [1.54, 1.807) is 6.42 Å². The first kappa shape index (κ1) is 6.51. The lowest BCUT2D eigenvalue weighted by atomic mass is 9.80. The molecule has 3 aliphatic carbocycles. The number of fused-ring (bicyclic) bond motifs is 1. The molecule has 0 saturated heterocycles. The SMILES string of the molecule is CCC12C(C)CC(C)C13CC23. The molecule has 62 valence electrons. The summed E-state index contributed by atoms with van der Waals surface area (Å²) in [6.45, 7) is 7.38. The maximum atomic E-state index is 2.49. The molecule has 5 unspecified atom stereocenters. The van der Waals surface area contributed by atoms with E-state index in [0.717, 1.165) is 22.7 Å². The minimum Gasteiger partial charge on any atom is -0.0648 e. The molecule has 5 atom stereocenters. The van der Waals surface area contributed by atoms with Gasteiger partial charge in [0, 0.05) is 0 Å². The van der Waals surface area contributed by atoms with Gasteiger partial charge in [0.15, 0.2) is 0 Å². The lowest BCUT2D eigenvalue weighted by molar-refractivity contribution is 0.240. The molecule has 0 nitrogen and oxygen atoms in total. The molecule has 0 N–H and O–H groups in total. The van der Waals surface area contributed by atoms with Crippen LogP contribution in [0.3, 0.4) is 0 Å². The Bertz CT molecular complexity index is 220. The highest BCUT2D eigenvalue weighted by Gasteiger charge is 2.92. The van der Waals surface area contributed by atoms with Gasteiger partial charge < -0.3 is 0 Å². The van der Waals surface area contributed by atoms with E-state index in [2.05, 4.69) is 20.8 Å². The molecule has 0 bridgehead atoms. The van der Waals surface area contributed by atoms with Crippen molar-refractivity contribution in [3.05, 3.63) is 0 Å². The predicted octanol–water partition coefficient (Wildman–Crippen LogP) is 3.08. The van der Waals surface area contributed by atoms with Gasteiger partial charge in [-0.05, 0) is 47.8 Å². The standard InChI is InChI=1S/C11H18/c1-4-10-7(2)5-8(3)11(10)6-9(10)11/h7-9H,4-6H2,1-3H3. The van der Waals surface area contributed by atoms with Crippen LogP contribution >= 0.6 is 0 Å². The summed E-state index contributed by atoms with van der Waals surface area (Å²) in [4.78, 5) is 0. The first-order chi connectivity index (χ1) is 5.20. The fourth-order valence-corrected chi connectivity index (χ4v) is 4.95. The Morgan fingerprint density at radius 2 is 2.00 bits per heavy atom. The molecular formula is C11H18. The van der Waals surface area contributed by atoms with Crippen LogP contribution < -0.4 is 0 Å². The zero-order chi connectivity index (χ0) is 7.85. The summed E-state index contributed by atoms with van der Waals surface area (Å²) < 4.78 is 0. The summed E-state index contributed by atoms with van der Waals surface area (Å²) in [6.07, 6.45) is 4.57. The molecule has 0 aliphatic heterocycles. The van der Waals surface area contributed by atoms with E-state index in [0.29, 0.717) is 0 Å².